The molecular weight excluding hydrogens is 388 g/mol. The van der Waals surface area contributed by atoms with E-state index >= 15 is 0 Å². The van der Waals surface area contributed by atoms with Gasteiger partial charge in [0.25, 0.3) is 0 Å². The van der Waals surface area contributed by atoms with Gasteiger partial charge in [-0.25, -0.2) is 4.79 Å². The van der Waals surface area contributed by atoms with Crippen molar-refractivity contribution in [3.8, 4) is 0 Å². The number of aromatic carboxylic acids is 1. The Kier molecular flexibility index (Phi) is 6.89. The van der Waals surface area contributed by atoms with Crippen LogP contribution in [-0.2, 0) is 11.0 Å². The molecule has 1 aromatic carbocycles. The number of ketones is 1. The van der Waals surface area contributed by atoms with Crippen LogP contribution in [0.25, 0.3) is 10.1 Å². The minimum absolute atomic E-state index is 0.0501. The lowest BCUT2D eigenvalue weighted by molar-refractivity contribution is 0.0701. The lowest BCUT2D eigenvalue weighted by Crippen LogP contribution is -2.47. The summed E-state index contributed by atoms with van der Waals surface area (Å²) in [6.45, 7) is 17.3. The van der Waals surface area contributed by atoms with Crippen LogP contribution in [0, 0.1) is 6.92 Å². The van der Waals surface area contributed by atoms with Crippen molar-refractivity contribution in [3.63, 3.8) is 0 Å². The van der Waals surface area contributed by atoms with Gasteiger partial charge in [-0.05, 0) is 47.7 Å². The van der Waals surface area contributed by atoms with Gasteiger partial charge in [0.1, 0.15) is 4.88 Å². The van der Waals surface area contributed by atoms with Gasteiger partial charge in [-0.3, -0.25) is 4.79 Å². The Balaban J connectivity index is 2.60. The van der Waals surface area contributed by atoms with Gasteiger partial charge in [0, 0.05) is 15.6 Å². The van der Waals surface area contributed by atoms with Crippen LogP contribution in [0.4, 0.5) is 0 Å². The molecule has 0 bridgehead atoms. The molecule has 0 atom stereocenters. The maximum atomic E-state index is 12.1. The summed E-state index contributed by atoms with van der Waals surface area (Å²) in [7, 11) is -2.05. The Morgan fingerprint density at radius 1 is 1.07 bits per heavy atom. The van der Waals surface area contributed by atoms with Crippen LogP contribution < -0.4 is 0 Å². The van der Waals surface area contributed by atoms with Crippen LogP contribution in [-0.4, -0.2) is 25.2 Å². The number of thiophene rings is 1. The van der Waals surface area contributed by atoms with Gasteiger partial charge >= 0.3 is 5.97 Å². The molecule has 4 nitrogen and oxygen atoms in total. The van der Waals surface area contributed by atoms with Gasteiger partial charge in [-0.15, -0.1) is 11.3 Å². The summed E-state index contributed by atoms with van der Waals surface area (Å²) in [5.41, 5.74) is 3.69. The van der Waals surface area contributed by atoms with E-state index in [1.54, 1.807) is 0 Å². The molecular formula is C22H32O4SSi. The SMILES string of the molecule is CC(=O)c1ccc(CO[Si](C(C)C)(C(C)C)C(C)C)c2c(C)c(C(=O)O)sc12. The summed E-state index contributed by atoms with van der Waals surface area (Å²) in [6, 6.07) is 3.75. The van der Waals surface area contributed by atoms with Gasteiger partial charge in [0.2, 0.25) is 8.32 Å². The standard InChI is InChI=1S/C22H32O4SSi/c1-12(2)28(13(3)4,14(5)6)26-11-17-9-10-18(16(8)23)21-19(17)15(7)20(27-21)22(24)25/h9-10,12-14H,11H2,1-8H3,(H,24,25). The van der Waals surface area contributed by atoms with Crippen molar-refractivity contribution < 1.29 is 19.1 Å². The second-order valence-corrected chi connectivity index (χ2v) is 15.0. The number of rotatable bonds is 8. The summed E-state index contributed by atoms with van der Waals surface area (Å²) >= 11 is 1.19. The topological polar surface area (TPSA) is 63.6 Å². The second-order valence-electron chi connectivity index (χ2n) is 8.50. The van der Waals surface area contributed by atoms with Crippen molar-refractivity contribution in [2.24, 2.45) is 0 Å². The zero-order valence-corrected chi connectivity index (χ0v) is 20.0. The number of carbonyl (C=O) groups excluding carboxylic acids is 1. The van der Waals surface area contributed by atoms with E-state index in [0.29, 0.717) is 33.7 Å². The molecule has 0 saturated heterocycles. The van der Waals surface area contributed by atoms with Crippen LogP contribution in [0.2, 0.25) is 16.6 Å². The van der Waals surface area contributed by atoms with Crippen LogP contribution >= 0.6 is 11.3 Å². The third-order valence-corrected chi connectivity index (χ3v) is 13.3. The molecule has 0 spiro atoms. The number of hydrogen-bond acceptors (Lipinski definition) is 4. The van der Waals surface area contributed by atoms with E-state index in [9.17, 15) is 14.7 Å². The molecule has 0 aliphatic heterocycles. The zero-order chi connectivity index (χ0) is 21.4. The van der Waals surface area contributed by atoms with Crippen LogP contribution in [0.3, 0.4) is 0 Å². The number of carbonyl (C=O) groups is 2. The normalized spacial score (nSPS) is 12.5. The Hall–Kier alpha value is -1.50. The minimum Gasteiger partial charge on any atom is -0.477 e. The molecule has 2 aromatic rings. The summed E-state index contributed by atoms with van der Waals surface area (Å²) < 4.78 is 7.50. The number of Topliss-reactive ketones (excluding diaryl/α,β-unsaturated/α-hetero) is 1. The predicted molar refractivity (Wildman–Crippen MR) is 119 cm³/mol. The average molecular weight is 421 g/mol. The molecule has 0 amide bonds. The largest absolute Gasteiger partial charge is 0.477 e. The molecule has 6 heteroatoms. The molecule has 1 heterocycles. The maximum absolute atomic E-state index is 12.1. The first-order chi connectivity index (χ1) is 12.9. The van der Waals surface area contributed by atoms with E-state index in [1.165, 1.54) is 18.3 Å². The predicted octanol–water partition coefficient (Wildman–Crippen LogP) is 6.80. The maximum Gasteiger partial charge on any atom is 0.346 e. The highest BCUT2D eigenvalue weighted by atomic mass is 32.1. The molecule has 154 valence electrons. The van der Waals surface area contributed by atoms with Gasteiger partial charge in [-0.1, -0.05) is 47.6 Å². The lowest BCUT2D eigenvalue weighted by Gasteiger charge is -2.42. The molecule has 2 rings (SSSR count). The molecule has 0 aliphatic carbocycles. The summed E-state index contributed by atoms with van der Waals surface area (Å²) in [6.07, 6.45) is 0. The summed E-state index contributed by atoms with van der Waals surface area (Å²) in [5.74, 6) is -0.999. The third-order valence-electron chi connectivity index (χ3n) is 5.92. The number of hydrogen-bond donors (Lipinski definition) is 1. The zero-order valence-electron chi connectivity index (χ0n) is 18.2. The van der Waals surface area contributed by atoms with Gasteiger partial charge in [-0.2, -0.15) is 0 Å². The van der Waals surface area contributed by atoms with Crippen molar-refractivity contribution in [3.05, 3.63) is 33.7 Å². The van der Waals surface area contributed by atoms with Crippen molar-refractivity contribution in [1.82, 2.24) is 0 Å². The van der Waals surface area contributed by atoms with Crippen LogP contribution in [0.1, 0.15) is 79.6 Å². The fourth-order valence-corrected chi connectivity index (χ4v) is 11.4. The number of aryl methyl sites for hydroxylation is 1. The number of fused-ring (bicyclic) bond motifs is 1. The first kappa shape index (κ1) is 22.8. The molecule has 0 saturated carbocycles. The van der Waals surface area contributed by atoms with E-state index in [1.807, 2.05) is 19.1 Å². The number of benzene rings is 1. The molecule has 1 aromatic heterocycles. The second kappa shape index (κ2) is 8.47. The van der Waals surface area contributed by atoms with Gasteiger partial charge in [0.05, 0.1) is 6.61 Å². The smallest absolute Gasteiger partial charge is 0.346 e. The monoisotopic (exact) mass is 420 g/mol. The molecule has 0 aliphatic rings. The highest BCUT2D eigenvalue weighted by Crippen LogP contribution is 2.44. The molecule has 0 radical (unpaired) electrons. The van der Waals surface area contributed by atoms with E-state index in [0.717, 1.165) is 21.2 Å². The summed E-state index contributed by atoms with van der Waals surface area (Å²) in [5, 5.41) is 10.4. The van der Waals surface area contributed by atoms with Crippen molar-refractivity contribution >= 4 is 41.5 Å². The quantitative estimate of drug-likeness (QED) is 0.376. The van der Waals surface area contributed by atoms with E-state index in [2.05, 4.69) is 41.5 Å². The first-order valence-corrected chi connectivity index (χ1v) is 12.8. The molecule has 0 fully saturated rings. The van der Waals surface area contributed by atoms with Gasteiger partial charge in [0.15, 0.2) is 5.78 Å². The molecule has 1 N–H and O–H groups in total. The fourth-order valence-electron chi connectivity index (χ4n) is 4.74. The Bertz CT molecular complexity index is 874. The number of carboxylic acids is 1. The van der Waals surface area contributed by atoms with Gasteiger partial charge < -0.3 is 9.53 Å². The summed E-state index contributed by atoms with van der Waals surface area (Å²) in [4.78, 5) is 24.0. The highest BCUT2D eigenvalue weighted by Gasteiger charge is 2.45. The molecule has 28 heavy (non-hydrogen) atoms. The Labute approximate surface area is 173 Å². The minimum atomic E-state index is -2.05. The van der Waals surface area contributed by atoms with E-state index < -0.39 is 14.3 Å². The Morgan fingerprint density at radius 2 is 1.61 bits per heavy atom. The van der Waals surface area contributed by atoms with Crippen molar-refractivity contribution in [2.75, 3.05) is 0 Å². The van der Waals surface area contributed by atoms with Crippen molar-refractivity contribution in [2.45, 2.75) is 78.6 Å². The van der Waals surface area contributed by atoms with E-state index in [-0.39, 0.29) is 5.78 Å². The first-order valence-electron chi connectivity index (χ1n) is 9.88. The van der Waals surface area contributed by atoms with E-state index in [4.69, 9.17) is 4.43 Å². The average Bonchev–Trinajstić information content (AvgIpc) is 2.92. The van der Waals surface area contributed by atoms with Crippen LogP contribution in [0.15, 0.2) is 12.1 Å². The molecule has 0 unspecified atom stereocenters. The third kappa shape index (κ3) is 3.82. The highest BCUT2D eigenvalue weighted by molar-refractivity contribution is 7.21. The lowest BCUT2D eigenvalue weighted by atomic mass is 10.0. The fraction of sp³-hybridized carbons (Fsp3) is 0.545. The van der Waals surface area contributed by atoms with Crippen LogP contribution in [0.5, 0.6) is 0 Å². The van der Waals surface area contributed by atoms with Crippen molar-refractivity contribution in [1.29, 1.82) is 0 Å². The Morgan fingerprint density at radius 3 is 2.04 bits per heavy atom. The number of carboxylic acid groups (broad SMARTS) is 1.